The predicted octanol–water partition coefficient (Wildman–Crippen LogP) is 4.94. The number of anilines is 3. The number of aryl methyl sites for hydroxylation is 2. The summed E-state index contributed by atoms with van der Waals surface area (Å²) in [6, 6.07) is 9.50. The van der Waals surface area contributed by atoms with Crippen molar-refractivity contribution in [2.75, 3.05) is 11.1 Å². The topological polar surface area (TPSA) is 38.0 Å². The Morgan fingerprint density at radius 3 is 2.17 bits per heavy atom. The normalized spacial score (nSPS) is 10.4. The average Bonchev–Trinajstić information content (AvgIpc) is 2.25. The Bertz CT molecular complexity index is 571. The lowest BCUT2D eigenvalue weighted by Crippen LogP contribution is -1.96. The molecule has 0 saturated heterocycles. The SMILES string of the molecule is Cc1ccc(Nc2c(Cl)cc(N)cc2Cl)c(C)c1. The average molecular weight is 281 g/mol. The molecule has 0 aliphatic rings. The maximum atomic E-state index is 6.14. The number of rotatable bonds is 2. The van der Waals surface area contributed by atoms with Crippen molar-refractivity contribution in [3.63, 3.8) is 0 Å². The van der Waals surface area contributed by atoms with Crippen LogP contribution in [0.4, 0.5) is 17.1 Å². The summed E-state index contributed by atoms with van der Waals surface area (Å²) in [5.41, 5.74) is 10.2. The van der Waals surface area contributed by atoms with Crippen molar-refractivity contribution in [2.45, 2.75) is 13.8 Å². The first-order valence-electron chi connectivity index (χ1n) is 5.56. The fraction of sp³-hybridized carbons (Fsp3) is 0.143. The second-order valence-electron chi connectivity index (χ2n) is 4.30. The minimum Gasteiger partial charge on any atom is -0.399 e. The van der Waals surface area contributed by atoms with E-state index in [0.29, 0.717) is 21.4 Å². The van der Waals surface area contributed by atoms with Crippen LogP contribution < -0.4 is 11.1 Å². The van der Waals surface area contributed by atoms with Crippen molar-refractivity contribution >= 4 is 40.3 Å². The van der Waals surface area contributed by atoms with Gasteiger partial charge in [-0.25, -0.2) is 0 Å². The van der Waals surface area contributed by atoms with Gasteiger partial charge in [0.15, 0.2) is 0 Å². The fourth-order valence-corrected chi connectivity index (χ4v) is 2.40. The molecular formula is C14H14Cl2N2. The number of hydrogen-bond donors (Lipinski definition) is 2. The molecule has 18 heavy (non-hydrogen) atoms. The van der Waals surface area contributed by atoms with E-state index in [0.717, 1.165) is 11.3 Å². The Morgan fingerprint density at radius 1 is 1.00 bits per heavy atom. The van der Waals surface area contributed by atoms with E-state index in [-0.39, 0.29) is 0 Å². The van der Waals surface area contributed by atoms with Crippen LogP contribution in [0, 0.1) is 13.8 Å². The summed E-state index contributed by atoms with van der Waals surface area (Å²) in [5.74, 6) is 0. The summed E-state index contributed by atoms with van der Waals surface area (Å²) in [7, 11) is 0. The van der Waals surface area contributed by atoms with Crippen LogP contribution in [0.15, 0.2) is 30.3 Å². The molecule has 0 fully saturated rings. The van der Waals surface area contributed by atoms with Gasteiger partial charge in [0, 0.05) is 11.4 Å². The fourth-order valence-electron chi connectivity index (χ4n) is 1.80. The molecule has 0 aliphatic carbocycles. The van der Waals surface area contributed by atoms with Gasteiger partial charge in [-0.15, -0.1) is 0 Å². The number of halogens is 2. The van der Waals surface area contributed by atoms with Crippen LogP contribution in [-0.2, 0) is 0 Å². The minimum absolute atomic E-state index is 0.514. The number of nitrogens with one attached hydrogen (secondary N) is 1. The number of nitrogen functional groups attached to an aromatic ring is 1. The number of nitrogens with two attached hydrogens (primary N) is 1. The van der Waals surface area contributed by atoms with E-state index < -0.39 is 0 Å². The Labute approximate surface area is 117 Å². The van der Waals surface area contributed by atoms with Gasteiger partial charge >= 0.3 is 0 Å². The molecule has 2 aromatic carbocycles. The maximum Gasteiger partial charge on any atom is 0.0764 e. The van der Waals surface area contributed by atoms with Crippen molar-refractivity contribution in [3.05, 3.63) is 51.5 Å². The molecule has 0 atom stereocenters. The van der Waals surface area contributed by atoms with Crippen LogP contribution in [0.1, 0.15) is 11.1 Å². The van der Waals surface area contributed by atoms with Crippen molar-refractivity contribution in [1.29, 1.82) is 0 Å². The molecule has 0 heterocycles. The van der Waals surface area contributed by atoms with E-state index in [4.69, 9.17) is 28.9 Å². The largest absolute Gasteiger partial charge is 0.399 e. The molecule has 0 amide bonds. The molecule has 0 radical (unpaired) electrons. The summed E-state index contributed by atoms with van der Waals surface area (Å²) < 4.78 is 0. The molecular weight excluding hydrogens is 267 g/mol. The highest BCUT2D eigenvalue weighted by molar-refractivity contribution is 6.39. The van der Waals surface area contributed by atoms with Crippen molar-refractivity contribution in [2.24, 2.45) is 0 Å². The molecule has 0 saturated carbocycles. The second-order valence-corrected chi connectivity index (χ2v) is 5.12. The van der Waals surface area contributed by atoms with Crippen LogP contribution >= 0.6 is 23.2 Å². The molecule has 2 nitrogen and oxygen atoms in total. The van der Waals surface area contributed by atoms with E-state index in [1.807, 2.05) is 19.1 Å². The standard InChI is InChI=1S/C14H14Cl2N2/c1-8-3-4-13(9(2)5-8)18-14-11(15)6-10(17)7-12(14)16/h3-7,18H,17H2,1-2H3. The van der Waals surface area contributed by atoms with Gasteiger partial charge in [-0.05, 0) is 37.6 Å². The van der Waals surface area contributed by atoms with E-state index in [2.05, 4.69) is 18.3 Å². The number of benzene rings is 2. The Morgan fingerprint density at radius 2 is 1.61 bits per heavy atom. The first kappa shape index (κ1) is 13.1. The summed E-state index contributed by atoms with van der Waals surface area (Å²) in [6.07, 6.45) is 0. The lowest BCUT2D eigenvalue weighted by atomic mass is 10.1. The number of hydrogen-bond acceptors (Lipinski definition) is 2. The predicted molar refractivity (Wildman–Crippen MR) is 80.1 cm³/mol. The molecule has 0 spiro atoms. The third-order valence-corrected chi connectivity index (χ3v) is 3.30. The highest BCUT2D eigenvalue weighted by atomic mass is 35.5. The van der Waals surface area contributed by atoms with Crippen LogP contribution in [-0.4, -0.2) is 0 Å². The minimum atomic E-state index is 0.514. The van der Waals surface area contributed by atoms with E-state index in [1.165, 1.54) is 5.56 Å². The molecule has 0 bridgehead atoms. The quantitative estimate of drug-likeness (QED) is 0.765. The molecule has 0 aromatic heterocycles. The molecule has 4 heteroatoms. The maximum absolute atomic E-state index is 6.14. The zero-order chi connectivity index (χ0) is 13.3. The van der Waals surface area contributed by atoms with E-state index in [9.17, 15) is 0 Å². The third-order valence-electron chi connectivity index (χ3n) is 2.71. The third kappa shape index (κ3) is 2.71. The monoisotopic (exact) mass is 280 g/mol. The summed E-state index contributed by atoms with van der Waals surface area (Å²) >= 11 is 12.3. The molecule has 2 aromatic rings. The van der Waals surface area contributed by atoms with Gasteiger partial charge in [0.2, 0.25) is 0 Å². The Hall–Kier alpha value is -1.38. The van der Waals surface area contributed by atoms with Crippen LogP contribution in [0.5, 0.6) is 0 Å². The Balaban J connectivity index is 2.40. The van der Waals surface area contributed by atoms with Gasteiger partial charge in [-0.3, -0.25) is 0 Å². The molecule has 94 valence electrons. The van der Waals surface area contributed by atoms with Crippen molar-refractivity contribution < 1.29 is 0 Å². The molecule has 0 aliphatic heterocycles. The molecule has 0 unspecified atom stereocenters. The van der Waals surface area contributed by atoms with Crippen molar-refractivity contribution in [1.82, 2.24) is 0 Å². The van der Waals surface area contributed by atoms with E-state index >= 15 is 0 Å². The van der Waals surface area contributed by atoms with Crippen molar-refractivity contribution in [3.8, 4) is 0 Å². The van der Waals surface area contributed by atoms with Crippen LogP contribution in [0.2, 0.25) is 10.0 Å². The summed E-state index contributed by atoms with van der Waals surface area (Å²) in [4.78, 5) is 0. The van der Waals surface area contributed by atoms with E-state index in [1.54, 1.807) is 12.1 Å². The van der Waals surface area contributed by atoms with Gasteiger partial charge in [0.1, 0.15) is 0 Å². The summed E-state index contributed by atoms with van der Waals surface area (Å²) in [6.45, 7) is 4.09. The first-order valence-corrected chi connectivity index (χ1v) is 6.32. The lowest BCUT2D eigenvalue weighted by Gasteiger charge is -2.13. The highest BCUT2D eigenvalue weighted by Gasteiger charge is 2.08. The van der Waals surface area contributed by atoms with Crippen LogP contribution in [0.3, 0.4) is 0 Å². The highest BCUT2D eigenvalue weighted by Crippen LogP contribution is 2.35. The van der Waals surface area contributed by atoms with Gasteiger partial charge < -0.3 is 11.1 Å². The Kier molecular flexibility index (Phi) is 3.69. The lowest BCUT2D eigenvalue weighted by molar-refractivity contribution is 1.37. The first-order chi connectivity index (χ1) is 8.47. The second kappa shape index (κ2) is 5.09. The van der Waals surface area contributed by atoms with Crippen LogP contribution in [0.25, 0.3) is 0 Å². The molecule has 2 rings (SSSR count). The smallest absolute Gasteiger partial charge is 0.0764 e. The van der Waals surface area contributed by atoms with Gasteiger partial charge in [0.05, 0.1) is 15.7 Å². The van der Waals surface area contributed by atoms with Gasteiger partial charge in [-0.1, -0.05) is 40.9 Å². The molecule has 3 N–H and O–H groups in total. The zero-order valence-corrected chi connectivity index (χ0v) is 11.7. The zero-order valence-electron chi connectivity index (χ0n) is 10.2. The van der Waals surface area contributed by atoms with Gasteiger partial charge in [-0.2, -0.15) is 0 Å². The van der Waals surface area contributed by atoms with Gasteiger partial charge in [0.25, 0.3) is 0 Å². The summed E-state index contributed by atoms with van der Waals surface area (Å²) in [5, 5.41) is 4.27.